The van der Waals surface area contributed by atoms with Gasteiger partial charge in [0.15, 0.2) is 17.5 Å². The second kappa shape index (κ2) is 5.04. The van der Waals surface area contributed by atoms with E-state index in [2.05, 4.69) is 0 Å². The molecule has 22 heavy (non-hydrogen) atoms. The van der Waals surface area contributed by atoms with Gasteiger partial charge >= 0.3 is 5.97 Å². The maximum Gasteiger partial charge on any atom is 0.341 e. The fourth-order valence-electron chi connectivity index (χ4n) is 2.66. The Bertz CT molecular complexity index is 842. The maximum absolute atomic E-state index is 14.1. The van der Waals surface area contributed by atoms with E-state index in [0.29, 0.717) is 19.2 Å². The summed E-state index contributed by atoms with van der Waals surface area (Å²) in [4.78, 5) is 23.3. The van der Waals surface area contributed by atoms with E-state index >= 15 is 0 Å². The van der Waals surface area contributed by atoms with E-state index in [4.69, 9.17) is 5.11 Å². The van der Waals surface area contributed by atoms with Crippen LogP contribution in [0.4, 0.5) is 13.2 Å². The first-order valence-corrected chi connectivity index (χ1v) is 6.63. The zero-order valence-corrected chi connectivity index (χ0v) is 11.3. The van der Waals surface area contributed by atoms with Crippen molar-refractivity contribution in [2.75, 3.05) is 18.1 Å². The molecule has 1 aliphatic rings. The first-order valence-electron chi connectivity index (χ1n) is 6.63. The number of rotatable bonds is 2. The van der Waals surface area contributed by atoms with E-state index < -0.39 is 45.3 Å². The standard InChI is InChI=1S/C14H11F3N2O3/c15-9-5-7-12(11(17)10(9)16)19(18-3-1-2-4-18)6-8(13(7)20)14(21)22/h5-6H,1-4H2,(H,21,22). The maximum atomic E-state index is 14.1. The Balaban J connectivity index is 2.46. The van der Waals surface area contributed by atoms with Crippen molar-refractivity contribution in [1.82, 2.24) is 4.68 Å². The molecule has 2 heterocycles. The lowest BCUT2D eigenvalue weighted by Crippen LogP contribution is -2.34. The van der Waals surface area contributed by atoms with Crippen LogP contribution >= 0.6 is 0 Å². The second-order valence-corrected chi connectivity index (χ2v) is 5.06. The Kier molecular flexibility index (Phi) is 3.31. The Hall–Kier alpha value is -2.51. The lowest BCUT2D eigenvalue weighted by molar-refractivity contribution is 0.0695. The molecule has 0 unspecified atom stereocenters. The molecular weight excluding hydrogens is 301 g/mol. The molecule has 3 rings (SSSR count). The van der Waals surface area contributed by atoms with E-state index in [1.165, 1.54) is 0 Å². The van der Waals surface area contributed by atoms with Crippen molar-refractivity contribution < 1.29 is 23.1 Å². The number of carbonyl (C=O) groups is 1. The van der Waals surface area contributed by atoms with Gasteiger partial charge in [-0.3, -0.25) is 9.47 Å². The fourth-order valence-corrected chi connectivity index (χ4v) is 2.66. The lowest BCUT2D eigenvalue weighted by atomic mass is 10.1. The topological polar surface area (TPSA) is 62.5 Å². The molecule has 5 nitrogen and oxygen atoms in total. The van der Waals surface area contributed by atoms with Gasteiger partial charge in [0.1, 0.15) is 11.1 Å². The van der Waals surface area contributed by atoms with Crippen LogP contribution < -0.4 is 10.4 Å². The molecule has 1 N–H and O–H groups in total. The van der Waals surface area contributed by atoms with Crippen LogP contribution in [0.25, 0.3) is 10.9 Å². The number of hydrogen-bond donors (Lipinski definition) is 1. The molecule has 1 saturated heterocycles. The average Bonchev–Trinajstić information content (AvgIpc) is 2.99. The van der Waals surface area contributed by atoms with Gasteiger partial charge in [-0.25, -0.2) is 18.0 Å². The zero-order chi connectivity index (χ0) is 16.0. The Morgan fingerprint density at radius 1 is 1.14 bits per heavy atom. The van der Waals surface area contributed by atoms with Crippen molar-refractivity contribution in [2.24, 2.45) is 0 Å². The van der Waals surface area contributed by atoms with Crippen molar-refractivity contribution in [3.8, 4) is 0 Å². The molecule has 1 aromatic carbocycles. The van der Waals surface area contributed by atoms with Gasteiger partial charge in [-0.15, -0.1) is 0 Å². The minimum absolute atomic E-state index is 0.448. The number of hydrogen-bond acceptors (Lipinski definition) is 3. The van der Waals surface area contributed by atoms with Gasteiger partial charge in [0.2, 0.25) is 5.43 Å². The van der Waals surface area contributed by atoms with Gasteiger partial charge in [-0.2, -0.15) is 0 Å². The summed E-state index contributed by atoms with van der Waals surface area (Å²) in [6, 6.07) is 0.537. The first-order chi connectivity index (χ1) is 10.4. The van der Waals surface area contributed by atoms with Crippen molar-refractivity contribution in [3.63, 3.8) is 0 Å². The third-order valence-corrected chi connectivity index (χ3v) is 3.72. The fraction of sp³-hybridized carbons (Fsp3) is 0.286. The molecule has 1 aromatic heterocycles. The smallest absolute Gasteiger partial charge is 0.341 e. The number of aromatic carboxylic acids is 1. The van der Waals surface area contributed by atoms with Crippen LogP contribution in [0.1, 0.15) is 23.2 Å². The highest BCUT2D eigenvalue weighted by molar-refractivity contribution is 5.92. The predicted octanol–water partition coefficient (Wildman–Crippen LogP) is 1.85. The van der Waals surface area contributed by atoms with Crippen molar-refractivity contribution in [2.45, 2.75) is 12.8 Å². The quantitative estimate of drug-likeness (QED) is 0.860. The van der Waals surface area contributed by atoms with Crippen molar-refractivity contribution in [1.29, 1.82) is 0 Å². The molecule has 0 amide bonds. The molecule has 0 saturated carbocycles. The summed E-state index contributed by atoms with van der Waals surface area (Å²) in [5, 5.41) is 10.2. The summed E-state index contributed by atoms with van der Waals surface area (Å²) in [6.45, 7) is 0.991. The van der Waals surface area contributed by atoms with Crippen LogP contribution in [0.2, 0.25) is 0 Å². The summed E-state index contributed by atoms with van der Waals surface area (Å²) in [5.74, 6) is -6.23. The lowest BCUT2D eigenvalue weighted by Gasteiger charge is -2.24. The molecule has 2 aromatic rings. The Labute approximate surface area is 122 Å². The van der Waals surface area contributed by atoms with Crippen molar-refractivity contribution in [3.05, 3.63) is 45.5 Å². The Morgan fingerprint density at radius 2 is 1.77 bits per heavy atom. The third-order valence-electron chi connectivity index (χ3n) is 3.72. The largest absolute Gasteiger partial charge is 0.477 e. The number of benzene rings is 1. The number of pyridine rings is 1. The van der Waals surface area contributed by atoms with Crippen LogP contribution in [0.5, 0.6) is 0 Å². The number of fused-ring (bicyclic) bond motifs is 1. The van der Waals surface area contributed by atoms with Crippen LogP contribution in [-0.4, -0.2) is 28.8 Å². The summed E-state index contributed by atoms with van der Waals surface area (Å²) >= 11 is 0. The van der Waals surface area contributed by atoms with E-state index in [0.717, 1.165) is 23.7 Å². The molecule has 0 bridgehead atoms. The molecule has 0 aliphatic carbocycles. The predicted molar refractivity (Wildman–Crippen MR) is 72.2 cm³/mol. The van der Waals surface area contributed by atoms with Gasteiger partial charge in [-0.1, -0.05) is 0 Å². The van der Waals surface area contributed by atoms with Gasteiger partial charge in [-0.05, 0) is 18.9 Å². The molecular formula is C14H11F3N2O3. The van der Waals surface area contributed by atoms with E-state index in [9.17, 15) is 22.8 Å². The van der Waals surface area contributed by atoms with Crippen LogP contribution in [-0.2, 0) is 0 Å². The highest BCUT2D eigenvalue weighted by atomic mass is 19.2. The summed E-state index contributed by atoms with van der Waals surface area (Å²) in [5.41, 5.74) is -2.11. The molecule has 116 valence electrons. The Morgan fingerprint density at radius 3 is 2.36 bits per heavy atom. The molecule has 1 aliphatic heterocycles. The summed E-state index contributed by atoms with van der Waals surface area (Å²) in [7, 11) is 0. The average molecular weight is 312 g/mol. The van der Waals surface area contributed by atoms with Gasteiger partial charge in [0.05, 0.1) is 5.39 Å². The van der Waals surface area contributed by atoms with Gasteiger partial charge in [0, 0.05) is 19.3 Å². The van der Waals surface area contributed by atoms with Crippen LogP contribution in [0.3, 0.4) is 0 Å². The van der Waals surface area contributed by atoms with E-state index in [1.807, 2.05) is 0 Å². The van der Waals surface area contributed by atoms with E-state index in [1.54, 1.807) is 5.01 Å². The van der Waals surface area contributed by atoms with Gasteiger partial charge < -0.3 is 10.1 Å². The minimum atomic E-state index is -1.69. The highest BCUT2D eigenvalue weighted by Gasteiger charge is 2.25. The number of halogens is 3. The molecule has 1 fully saturated rings. The van der Waals surface area contributed by atoms with Gasteiger partial charge in [0.25, 0.3) is 0 Å². The van der Waals surface area contributed by atoms with E-state index in [-0.39, 0.29) is 0 Å². The number of nitrogens with zero attached hydrogens (tertiary/aromatic N) is 2. The third kappa shape index (κ3) is 2.02. The number of aromatic nitrogens is 1. The van der Waals surface area contributed by atoms with Crippen molar-refractivity contribution >= 4 is 16.9 Å². The number of carboxylic acids is 1. The highest BCUT2D eigenvalue weighted by Crippen LogP contribution is 2.23. The monoisotopic (exact) mass is 312 g/mol. The molecule has 8 heteroatoms. The molecule has 0 atom stereocenters. The first kappa shape index (κ1) is 14.4. The molecule has 0 spiro atoms. The zero-order valence-electron chi connectivity index (χ0n) is 11.3. The second-order valence-electron chi connectivity index (χ2n) is 5.06. The minimum Gasteiger partial charge on any atom is -0.477 e. The summed E-state index contributed by atoms with van der Waals surface area (Å²) < 4.78 is 42.2. The SMILES string of the molecule is O=C(O)c1cn(N2CCCC2)c2c(F)c(F)c(F)cc2c1=O. The van der Waals surface area contributed by atoms with Crippen LogP contribution in [0, 0.1) is 17.5 Å². The number of carboxylic acid groups (broad SMARTS) is 1. The molecule has 0 radical (unpaired) electrons. The van der Waals surface area contributed by atoms with Crippen LogP contribution in [0.15, 0.2) is 17.1 Å². The normalized spacial score (nSPS) is 14.8. The summed E-state index contributed by atoms with van der Waals surface area (Å²) in [6.07, 6.45) is 2.54.